The average Bonchev–Trinajstić information content (AvgIpc) is 3.63. The van der Waals surface area contributed by atoms with Gasteiger partial charge in [0.1, 0.15) is 11.9 Å². The van der Waals surface area contributed by atoms with Crippen LogP contribution >= 0.6 is 0 Å². The highest BCUT2D eigenvalue weighted by Crippen LogP contribution is 2.18. The summed E-state index contributed by atoms with van der Waals surface area (Å²) >= 11 is 0. The lowest BCUT2D eigenvalue weighted by Gasteiger charge is -2.07. The summed E-state index contributed by atoms with van der Waals surface area (Å²) in [6, 6.07) is 0. The molecule has 0 spiro atoms. The zero-order valence-corrected chi connectivity index (χ0v) is 41.6. The van der Waals surface area contributed by atoms with Gasteiger partial charge in [-0.1, -0.05) is 303 Å². The molecule has 350 valence electrons. The van der Waals surface area contributed by atoms with Crippen molar-refractivity contribution in [3.05, 3.63) is 17.7 Å². The lowest BCUT2D eigenvalue weighted by atomic mass is 10.0. The first-order valence-electron chi connectivity index (χ1n) is 28.4. The number of hydrogen-bond donors (Lipinski definition) is 1. The van der Waals surface area contributed by atoms with Gasteiger partial charge in [0.2, 0.25) is 0 Å². The lowest BCUT2D eigenvalue weighted by Crippen LogP contribution is -2.40. The molecular formula is C57H113N2+. The first kappa shape index (κ1) is 56.2. The van der Waals surface area contributed by atoms with Crippen LogP contribution in [0.3, 0.4) is 0 Å². The van der Waals surface area contributed by atoms with Crippen LogP contribution < -0.4 is 4.57 Å². The van der Waals surface area contributed by atoms with E-state index in [-0.39, 0.29) is 0 Å². The number of nitrogens with zero attached hydrogens (tertiary/aromatic N) is 1. The van der Waals surface area contributed by atoms with Crippen LogP contribution in [0.4, 0.5) is 0 Å². The maximum Gasteiger partial charge on any atom is 0.254 e. The van der Waals surface area contributed by atoms with Crippen molar-refractivity contribution in [2.24, 2.45) is 0 Å². The highest BCUT2D eigenvalue weighted by Gasteiger charge is 2.17. The van der Waals surface area contributed by atoms with Gasteiger partial charge in [-0.2, -0.15) is 0 Å². The van der Waals surface area contributed by atoms with Gasteiger partial charge in [0, 0.05) is 12.8 Å². The molecule has 2 heteroatoms. The van der Waals surface area contributed by atoms with E-state index in [0.717, 1.165) is 0 Å². The van der Waals surface area contributed by atoms with Gasteiger partial charge >= 0.3 is 0 Å². The highest BCUT2D eigenvalue weighted by atomic mass is 15.1. The van der Waals surface area contributed by atoms with Crippen molar-refractivity contribution >= 4 is 0 Å². The fourth-order valence-corrected chi connectivity index (χ4v) is 9.70. The van der Waals surface area contributed by atoms with E-state index in [9.17, 15) is 0 Å². The SMILES string of the molecule is CCCCCCCCCCCCCCCCCCCc1[nH]cc(CCCCCCCCCCCCCCCCC)[n+]1CCCCCCCCCCCCCCCCCC. The zero-order chi connectivity index (χ0) is 42.2. The van der Waals surface area contributed by atoms with Gasteiger partial charge in [-0.15, -0.1) is 0 Å². The summed E-state index contributed by atoms with van der Waals surface area (Å²) in [5.74, 6) is 1.53. The zero-order valence-electron chi connectivity index (χ0n) is 41.6. The lowest BCUT2D eigenvalue weighted by molar-refractivity contribution is -0.710. The van der Waals surface area contributed by atoms with Crippen molar-refractivity contribution in [2.75, 3.05) is 0 Å². The number of aromatic amines is 1. The van der Waals surface area contributed by atoms with Gasteiger partial charge in [-0.25, -0.2) is 9.55 Å². The van der Waals surface area contributed by atoms with Crippen molar-refractivity contribution < 1.29 is 4.57 Å². The predicted octanol–water partition coefficient (Wildman–Crippen LogP) is 20.2. The molecule has 0 aromatic carbocycles. The van der Waals surface area contributed by atoms with E-state index >= 15 is 0 Å². The molecule has 0 aliphatic rings. The second-order valence-corrected chi connectivity index (χ2v) is 19.8. The monoisotopic (exact) mass is 826 g/mol. The van der Waals surface area contributed by atoms with Crippen molar-refractivity contribution in [2.45, 2.75) is 348 Å². The molecule has 0 amide bonds. The number of hydrogen-bond acceptors (Lipinski definition) is 0. The van der Waals surface area contributed by atoms with E-state index in [1.807, 2.05) is 0 Å². The molecule has 0 radical (unpaired) electrons. The van der Waals surface area contributed by atoms with Crippen LogP contribution in [0, 0.1) is 0 Å². The number of H-pyrrole nitrogens is 1. The van der Waals surface area contributed by atoms with Gasteiger partial charge in [-0.05, 0) is 25.7 Å². The minimum atomic E-state index is 1.24. The van der Waals surface area contributed by atoms with E-state index in [1.165, 1.54) is 333 Å². The van der Waals surface area contributed by atoms with E-state index < -0.39 is 0 Å². The molecule has 1 N–H and O–H groups in total. The molecule has 1 rings (SSSR count). The summed E-state index contributed by atoms with van der Waals surface area (Å²) in [5, 5.41) is 0. The van der Waals surface area contributed by atoms with E-state index in [4.69, 9.17) is 0 Å². The van der Waals surface area contributed by atoms with Crippen LogP contribution in [-0.4, -0.2) is 4.98 Å². The minimum Gasteiger partial charge on any atom is -0.247 e. The standard InChI is InChI=1S/C57H112N2/c1-4-7-10-13-16-19-22-25-28-30-32-35-38-41-44-47-50-53-57-58-55-56(52-49-46-43-40-37-34-31-27-24-21-18-15-12-9-6-3)59(57)54-51-48-45-42-39-36-33-29-26-23-20-17-14-11-8-5-2/h55H,4-54H2,1-3H3/p+1. The molecule has 0 atom stereocenters. The maximum absolute atomic E-state index is 3.80. The third-order valence-corrected chi connectivity index (χ3v) is 13.9. The number of rotatable bonds is 51. The molecule has 0 fully saturated rings. The molecule has 1 heterocycles. The fraction of sp³-hybridized carbons (Fsp3) is 0.947. The van der Waals surface area contributed by atoms with Crippen LogP contribution in [0.5, 0.6) is 0 Å². The minimum absolute atomic E-state index is 1.24. The smallest absolute Gasteiger partial charge is 0.247 e. The summed E-state index contributed by atoms with van der Waals surface area (Å²) in [4.78, 5) is 3.80. The number of aromatic nitrogens is 2. The Balaban J connectivity index is 2.24. The van der Waals surface area contributed by atoms with Crippen LogP contribution in [0.2, 0.25) is 0 Å². The predicted molar refractivity (Wildman–Crippen MR) is 267 cm³/mol. The van der Waals surface area contributed by atoms with Crippen molar-refractivity contribution in [3.63, 3.8) is 0 Å². The molecule has 0 aliphatic carbocycles. The van der Waals surface area contributed by atoms with E-state index in [1.54, 1.807) is 5.69 Å². The molecule has 0 saturated heterocycles. The summed E-state index contributed by atoms with van der Waals surface area (Å²) in [7, 11) is 0. The fourth-order valence-electron chi connectivity index (χ4n) is 9.70. The Morgan fingerprint density at radius 2 is 0.492 bits per heavy atom. The van der Waals surface area contributed by atoms with Crippen molar-refractivity contribution in [1.82, 2.24) is 4.98 Å². The van der Waals surface area contributed by atoms with Crippen molar-refractivity contribution in [1.29, 1.82) is 0 Å². The number of imidazole rings is 1. The molecule has 2 nitrogen and oxygen atoms in total. The summed E-state index contributed by atoms with van der Waals surface area (Å²) in [6.45, 7) is 8.19. The first-order chi connectivity index (χ1) is 29.3. The second-order valence-electron chi connectivity index (χ2n) is 19.8. The Labute approximate surface area is 374 Å². The molecule has 0 saturated carbocycles. The first-order valence-corrected chi connectivity index (χ1v) is 28.4. The van der Waals surface area contributed by atoms with Gasteiger partial charge in [-0.3, -0.25) is 0 Å². The average molecular weight is 827 g/mol. The topological polar surface area (TPSA) is 19.7 Å². The Bertz CT molecular complexity index is 902. The Morgan fingerprint density at radius 1 is 0.271 bits per heavy atom. The molecule has 59 heavy (non-hydrogen) atoms. The second kappa shape index (κ2) is 48.2. The Hall–Kier alpha value is -0.790. The van der Waals surface area contributed by atoms with Gasteiger partial charge in [0.15, 0.2) is 0 Å². The Morgan fingerprint density at radius 3 is 0.763 bits per heavy atom. The van der Waals surface area contributed by atoms with Gasteiger partial charge in [0.05, 0.1) is 6.54 Å². The third kappa shape index (κ3) is 39.8. The number of aryl methyl sites for hydroxylation is 2. The number of unbranched alkanes of at least 4 members (excludes halogenated alkanes) is 45. The van der Waals surface area contributed by atoms with Crippen LogP contribution in [0.1, 0.15) is 340 Å². The Kier molecular flexibility index (Phi) is 46.0. The van der Waals surface area contributed by atoms with Gasteiger partial charge in [0.25, 0.3) is 5.82 Å². The summed E-state index contributed by atoms with van der Waals surface area (Å²) < 4.78 is 2.75. The van der Waals surface area contributed by atoms with Gasteiger partial charge < -0.3 is 0 Å². The van der Waals surface area contributed by atoms with Crippen LogP contribution in [0.25, 0.3) is 0 Å². The molecular weight excluding hydrogens is 713 g/mol. The molecule has 0 unspecified atom stereocenters. The van der Waals surface area contributed by atoms with Crippen LogP contribution in [0.15, 0.2) is 6.20 Å². The molecule has 0 bridgehead atoms. The number of nitrogens with one attached hydrogen (secondary N) is 1. The molecule has 0 aliphatic heterocycles. The molecule has 1 aromatic heterocycles. The maximum atomic E-state index is 3.80. The van der Waals surface area contributed by atoms with E-state index in [2.05, 4.69) is 36.5 Å². The largest absolute Gasteiger partial charge is 0.254 e. The highest BCUT2D eigenvalue weighted by molar-refractivity contribution is 4.92. The van der Waals surface area contributed by atoms with Crippen molar-refractivity contribution in [3.8, 4) is 0 Å². The molecule has 1 aromatic rings. The third-order valence-electron chi connectivity index (χ3n) is 13.9. The van der Waals surface area contributed by atoms with Crippen LogP contribution in [-0.2, 0) is 19.4 Å². The summed E-state index contributed by atoms with van der Waals surface area (Å²) in [6.07, 6.45) is 74.5. The summed E-state index contributed by atoms with van der Waals surface area (Å²) in [5.41, 5.74) is 1.60. The van der Waals surface area contributed by atoms with E-state index in [0.29, 0.717) is 0 Å². The normalized spacial score (nSPS) is 11.7. The quantitative estimate of drug-likeness (QED) is 0.0499.